The maximum absolute atomic E-state index is 6.13. The lowest BCUT2D eigenvalue weighted by atomic mass is 9.88. The fourth-order valence-corrected chi connectivity index (χ4v) is 3.11. The zero-order chi connectivity index (χ0) is 11.5. The molecule has 0 amide bonds. The van der Waals surface area contributed by atoms with Gasteiger partial charge in [0.05, 0.1) is 0 Å². The molecule has 1 aromatic carbocycles. The minimum atomic E-state index is 0.134. The number of hydrogen-bond donors (Lipinski definition) is 0. The Kier molecular flexibility index (Phi) is 5.44. The van der Waals surface area contributed by atoms with Crippen LogP contribution in [0.2, 0.25) is 10.0 Å². The zero-order valence-corrected chi connectivity index (χ0v) is 13.0. The molecule has 0 aromatic heterocycles. The molecule has 1 rings (SSSR count). The lowest BCUT2D eigenvalue weighted by Crippen LogP contribution is -2.23. The molecule has 0 nitrogen and oxygen atoms in total. The highest BCUT2D eigenvalue weighted by Crippen LogP contribution is 2.33. The van der Waals surface area contributed by atoms with Gasteiger partial charge in [0, 0.05) is 20.7 Å². The van der Waals surface area contributed by atoms with Crippen LogP contribution in [0.25, 0.3) is 0 Å². The first-order valence-corrected chi connectivity index (χ1v) is 7.57. The van der Waals surface area contributed by atoms with Crippen LogP contribution in [0.4, 0.5) is 0 Å². The van der Waals surface area contributed by atoms with E-state index in [-0.39, 0.29) is 5.41 Å². The third kappa shape index (κ3) is 3.62. The Morgan fingerprint density at radius 3 is 2.00 bits per heavy atom. The Morgan fingerprint density at radius 2 is 1.60 bits per heavy atom. The summed E-state index contributed by atoms with van der Waals surface area (Å²) in [6.07, 6.45) is 0.863. The van der Waals surface area contributed by atoms with Crippen molar-refractivity contribution >= 4 is 55.1 Å². The molecule has 1 aromatic rings. The monoisotopic (exact) mass is 372 g/mol. The summed E-state index contributed by atoms with van der Waals surface area (Å²) in [5, 5.41) is 3.31. The summed E-state index contributed by atoms with van der Waals surface area (Å²) in [7, 11) is 0. The summed E-state index contributed by atoms with van der Waals surface area (Å²) >= 11 is 19.3. The van der Waals surface area contributed by atoms with E-state index >= 15 is 0 Å². The van der Waals surface area contributed by atoms with Crippen LogP contribution in [0.1, 0.15) is 12.5 Å². The minimum absolute atomic E-state index is 0.134. The number of benzene rings is 1. The van der Waals surface area contributed by atoms with Gasteiger partial charge in [-0.1, -0.05) is 68.1 Å². The van der Waals surface area contributed by atoms with E-state index < -0.39 is 0 Å². The summed E-state index contributed by atoms with van der Waals surface area (Å²) in [4.78, 5) is 0. The van der Waals surface area contributed by atoms with Gasteiger partial charge in [-0.15, -0.1) is 0 Å². The number of rotatable bonds is 4. The van der Waals surface area contributed by atoms with E-state index in [0.717, 1.165) is 32.7 Å². The molecule has 15 heavy (non-hydrogen) atoms. The standard InChI is InChI=1S/C11H12Br2Cl2/c1-11(6-12,7-13)5-8-9(14)3-2-4-10(8)15/h2-4H,5-7H2,1H3. The maximum Gasteiger partial charge on any atom is 0.0453 e. The van der Waals surface area contributed by atoms with Crippen LogP contribution in [0.15, 0.2) is 18.2 Å². The fourth-order valence-electron chi connectivity index (χ4n) is 1.26. The molecule has 4 heteroatoms. The van der Waals surface area contributed by atoms with Gasteiger partial charge in [-0.2, -0.15) is 0 Å². The van der Waals surface area contributed by atoms with Gasteiger partial charge in [-0.25, -0.2) is 0 Å². The zero-order valence-electron chi connectivity index (χ0n) is 8.37. The predicted octanol–water partition coefficient (Wildman–Crippen LogP) is 5.33. The van der Waals surface area contributed by atoms with Crippen molar-refractivity contribution in [2.75, 3.05) is 10.7 Å². The highest BCUT2D eigenvalue weighted by molar-refractivity contribution is 9.09. The average molecular weight is 375 g/mol. The van der Waals surface area contributed by atoms with Crippen LogP contribution in [-0.2, 0) is 6.42 Å². The summed E-state index contributed by atoms with van der Waals surface area (Å²) in [5.74, 6) is 0. The fraction of sp³-hybridized carbons (Fsp3) is 0.455. The average Bonchev–Trinajstić information content (AvgIpc) is 2.23. The quantitative estimate of drug-likeness (QED) is 0.624. The first-order valence-electron chi connectivity index (χ1n) is 4.57. The topological polar surface area (TPSA) is 0 Å². The smallest absolute Gasteiger partial charge is 0.0453 e. The Hall–Kier alpha value is 0.760. The molecule has 0 aliphatic carbocycles. The van der Waals surface area contributed by atoms with Gasteiger partial charge >= 0.3 is 0 Å². The molecule has 84 valence electrons. The summed E-state index contributed by atoms with van der Waals surface area (Å²) in [6.45, 7) is 2.19. The lowest BCUT2D eigenvalue weighted by molar-refractivity contribution is 0.439. The van der Waals surface area contributed by atoms with Crippen molar-refractivity contribution in [2.24, 2.45) is 5.41 Å². The summed E-state index contributed by atoms with van der Waals surface area (Å²) < 4.78 is 0. The van der Waals surface area contributed by atoms with E-state index in [2.05, 4.69) is 38.8 Å². The van der Waals surface area contributed by atoms with Crippen molar-refractivity contribution in [2.45, 2.75) is 13.3 Å². The van der Waals surface area contributed by atoms with E-state index in [1.165, 1.54) is 0 Å². The van der Waals surface area contributed by atoms with Crippen LogP contribution in [0.5, 0.6) is 0 Å². The van der Waals surface area contributed by atoms with E-state index in [0.29, 0.717) is 0 Å². The molecule has 0 saturated carbocycles. The van der Waals surface area contributed by atoms with E-state index in [1.54, 1.807) is 0 Å². The van der Waals surface area contributed by atoms with Crippen molar-refractivity contribution in [3.8, 4) is 0 Å². The molecule has 0 aliphatic rings. The predicted molar refractivity (Wildman–Crippen MR) is 75.9 cm³/mol. The van der Waals surface area contributed by atoms with Crippen molar-refractivity contribution in [3.05, 3.63) is 33.8 Å². The maximum atomic E-state index is 6.13. The van der Waals surface area contributed by atoms with E-state index in [1.807, 2.05) is 18.2 Å². The number of halogens is 4. The Labute approximate surface area is 118 Å². The highest BCUT2D eigenvalue weighted by atomic mass is 79.9. The Morgan fingerprint density at radius 1 is 1.13 bits per heavy atom. The molecule has 0 saturated heterocycles. The molecule has 0 aliphatic heterocycles. The lowest BCUT2D eigenvalue weighted by Gasteiger charge is -2.25. The van der Waals surface area contributed by atoms with Gasteiger partial charge in [-0.05, 0) is 29.5 Å². The third-order valence-corrected chi connectivity index (χ3v) is 5.73. The van der Waals surface area contributed by atoms with Gasteiger partial charge in [-0.3, -0.25) is 0 Å². The summed E-state index contributed by atoms with van der Waals surface area (Å²) in [6, 6.07) is 5.63. The minimum Gasteiger partial charge on any atom is -0.0922 e. The second kappa shape index (κ2) is 5.90. The van der Waals surface area contributed by atoms with Gasteiger partial charge in [0.15, 0.2) is 0 Å². The first kappa shape index (κ1) is 13.8. The van der Waals surface area contributed by atoms with Gasteiger partial charge in [0.2, 0.25) is 0 Å². The normalized spacial score (nSPS) is 11.8. The molecule has 0 radical (unpaired) electrons. The van der Waals surface area contributed by atoms with Crippen LogP contribution in [0, 0.1) is 5.41 Å². The molecule has 0 unspecified atom stereocenters. The second-order valence-corrected chi connectivity index (χ2v) is 5.89. The molecular formula is C11H12Br2Cl2. The SMILES string of the molecule is CC(CBr)(CBr)Cc1c(Cl)cccc1Cl. The van der Waals surface area contributed by atoms with E-state index in [9.17, 15) is 0 Å². The molecule has 0 spiro atoms. The first-order chi connectivity index (χ1) is 7.02. The van der Waals surface area contributed by atoms with E-state index in [4.69, 9.17) is 23.2 Å². The van der Waals surface area contributed by atoms with Crippen LogP contribution in [-0.4, -0.2) is 10.7 Å². The molecule has 0 N–H and O–H groups in total. The Bertz CT molecular complexity index is 315. The highest BCUT2D eigenvalue weighted by Gasteiger charge is 2.24. The van der Waals surface area contributed by atoms with Crippen LogP contribution in [0.3, 0.4) is 0 Å². The second-order valence-electron chi connectivity index (χ2n) is 3.95. The van der Waals surface area contributed by atoms with Crippen LogP contribution < -0.4 is 0 Å². The number of alkyl halides is 2. The van der Waals surface area contributed by atoms with Crippen molar-refractivity contribution in [3.63, 3.8) is 0 Å². The summed E-state index contributed by atoms with van der Waals surface area (Å²) in [5.41, 5.74) is 1.16. The third-order valence-electron chi connectivity index (χ3n) is 2.31. The van der Waals surface area contributed by atoms with Crippen molar-refractivity contribution < 1.29 is 0 Å². The molecule has 0 heterocycles. The van der Waals surface area contributed by atoms with Gasteiger partial charge < -0.3 is 0 Å². The number of hydrogen-bond acceptors (Lipinski definition) is 0. The Balaban J connectivity index is 2.98. The largest absolute Gasteiger partial charge is 0.0922 e. The van der Waals surface area contributed by atoms with Gasteiger partial charge in [0.25, 0.3) is 0 Å². The molecule has 0 bridgehead atoms. The van der Waals surface area contributed by atoms with Crippen molar-refractivity contribution in [1.82, 2.24) is 0 Å². The molecule has 0 fully saturated rings. The van der Waals surface area contributed by atoms with Crippen LogP contribution >= 0.6 is 55.1 Å². The van der Waals surface area contributed by atoms with Gasteiger partial charge in [0.1, 0.15) is 0 Å². The van der Waals surface area contributed by atoms with Crippen molar-refractivity contribution in [1.29, 1.82) is 0 Å². The molecule has 0 atom stereocenters. The molecular weight excluding hydrogens is 363 g/mol.